The van der Waals surface area contributed by atoms with E-state index in [1.165, 1.54) is 18.2 Å². The molecule has 4 aromatic rings. The van der Waals surface area contributed by atoms with E-state index in [1.807, 2.05) is 0 Å². The van der Waals surface area contributed by atoms with Crippen molar-refractivity contribution in [1.82, 2.24) is 0 Å². The SMILES string of the molecule is O=C(O)c1cc(N=Nc2ccc(S(=O)(=O)O)cc2)ccc1N=Nc1c(S(=O)(=O)O)cc2c(S(=O)(=O)O)ccc(Br)c2c1O. The topological polar surface area (TPSA) is 270 Å². The fraction of sp³-hybridized carbons (Fsp3) is 0. The van der Waals surface area contributed by atoms with Gasteiger partial charge in [-0.3, -0.25) is 13.7 Å². The number of azo groups is 2. The molecule has 4 aromatic carbocycles. The smallest absolute Gasteiger partial charge is 0.338 e. The molecule has 0 aromatic heterocycles. The van der Waals surface area contributed by atoms with Crippen LogP contribution in [-0.4, -0.2) is 55.1 Å². The summed E-state index contributed by atoms with van der Waals surface area (Å²) in [6.45, 7) is 0. The number of halogens is 1. The fourth-order valence-electron chi connectivity index (χ4n) is 3.66. The van der Waals surface area contributed by atoms with Crippen LogP contribution in [0.1, 0.15) is 10.4 Å². The first kappa shape index (κ1) is 31.7. The molecular formula is C23H15BrN4O12S3. The lowest BCUT2D eigenvalue weighted by atomic mass is 10.1. The van der Waals surface area contributed by atoms with E-state index in [-0.39, 0.29) is 31.8 Å². The number of hydrogen-bond acceptors (Lipinski definition) is 12. The quantitative estimate of drug-likeness (QED) is 0.111. The van der Waals surface area contributed by atoms with E-state index in [2.05, 4.69) is 36.4 Å². The highest BCUT2D eigenvalue weighted by Crippen LogP contribution is 2.46. The summed E-state index contributed by atoms with van der Waals surface area (Å²) < 4.78 is 98.7. The number of phenolic OH excluding ortho intramolecular Hbond substituents is 1. The highest BCUT2D eigenvalue weighted by molar-refractivity contribution is 9.10. The van der Waals surface area contributed by atoms with Crippen molar-refractivity contribution in [2.45, 2.75) is 14.7 Å². The predicted octanol–water partition coefficient (Wildman–Crippen LogP) is 5.58. The Morgan fingerprint density at radius 1 is 0.674 bits per heavy atom. The number of nitrogens with zero attached hydrogens (tertiary/aromatic N) is 4. The van der Waals surface area contributed by atoms with Crippen LogP contribution in [-0.2, 0) is 30.4 Å². The molecule has 0 fully saturated rings. The van der Waals surface area contributed by atoms with Gasteiger partial charge in [0.2, 0.25) is 0 Å². The number of aromatic carboxylic acids is 1. The zero-order valence-corrected chi connectivity index (χ0v) is 24.8. The number of benzene rings is 4. The molecule has 0 atom stereocenters. The standard InChI is InChI=1S/C23H15BrN4O12S3/c24-16-6-8-18(42(35,36)37)15-10-19(43(38,39)40)21(22(29)20(15)16)28-27-17-7-3-12(9-14(17)23(30)31)26-25-11-1-4-13(5-2-11)41(32,33)34/h1-10,29H,(H,30,31)(H,32,33,34)(H,35,36,37)(H,38,39,40). The van der Waals surface area contributed by atoms with E-state index in [0.717, 1.165) is 36.4 Å². The zero-order chi connectivity index (χ0) is 31.9. The van der Waals surface area contributed by atoms with Crippen LogP contribution in [0.15, 0.2) is 100 Å². The lowest BCUT2D eigenvalue weighted by Gasteiger charge is -2.12. The van der Waals surface area contributed by atoms with Gasteiger partial charge in [0, 0.05) is 15.2 Å². The second kappa shape index (κ2) is 11.5. The number of aromatic hydroxyl groups is 1. The maximum atomic E-state index is 12.1. The zero-order valence-electron chi connectivity index (χ0n) is 20.8. The molecule has 0 saturated heterocycles. The number of carbonyl (C=O) groups is 1. The summed E-state index contributed by atoms with van der Waals surface area (Å²) in [6.07, 6.45) is 0. The Labute approximate surface area is 250 Å². The van der Waals surface area contributed by atoms with Gasteiger partial charge >= 0.3 is 5.97 Å². The van der Waals surface area contributed by atoms with E-state index in [4.69, 9.17) is 4.55 Å². The minimum Gasteiger partial charge on any atom is -0.505 e. The molecule has 0 saturated carbocycles. The molecule has 0 spiro atoms. The van der Waals surface area contributed by atoms with Crippen LogP contribution in [0.4, 0.5) is 22.7 Å². The van der Waals surface area contributed by atoms with Crippen LogP contribution < -0.4 is 0 Å². The molecule has 0 amide bonds. The van der Waals surface area contributed by atoms with Crippen molar-refractivity contribution in [2.24, 2.45) is 20.5 Å². The second-order valence-electron chi connectivity index (χ2n) is 8.37. The third kappa shape index (κ3) is 6.91. The highest BCUT2D eigenvalue weighted by atomic mass is 79.9. The van der Waals surface area contributed by atoms with Crippen molar-refractivity contribution in [1.29, 1.82) is 0 Å². The molecule has 0 radical (unpaired) electrons. The first-order valence-corrected chi connectivity index (χ1v) is 16.2. The van der Waals surface area contributed by atoms with Crippen molar-refractivity contribution < 1.29 is 53.9 Å². The van der Waals surface area contributed by atoms with Gasteiger partial charge in [-0.25, -0.2) is 4.79 Å². The molecule has 0 unspecified atom stereocenters. The molecule has 16 nitrogen and oxygen atoms in total. The van der Waals surface area contributed by atoms with Crippen molar-refractivity contribution >= 4 is 85.8 Å². The first-order chi connectivity index (χ1) is 19.9. The lowest BCUT2D eigenvalue weighted by molar-refractivity contribution is 0.0697. The summed E-state index contributed by atoms with van der Waals surface area (Å²) in [6, 6.07) is 10.7. The van der Waals surface area contributed by atoms with Crippen molar-refractivity contribution in [3.05, 3.63) is 70.7 Å². The Morgan fingerprint density at radius 3 is 1.81 bits per heavy atom. The summed E-state index contributed by atoms with van der Waals surface area (Å²) in [5.74, 6) is -2.50. The molecule has 43 heavy (non-hydrogen) atoms. The number of fused-ring (bicyclic) bond motifs is 1. The van der Waals surface area contributed by atoms with Crippen molar-refractivity contribution in [3.63, 3.8) is 0 Å². The number of carboxylic acids is 1. The molecule has 4 rings (SSSR count). The summed E-state index contributed by atoms with van der Waals surface area (Å²) in [4.78, 5) is 9.63. The Kier molecular flexibility index (Phi) is 8.48. The Bertz CT molecular complexity index is 2200. The van der Waals surface area contributed by atoms with Crippen molar-refractivity contribution in [3.8, 4) is 5.75 Å². The van der Waals surface area contributed by atoms with E-state index >= 15 is 0 Å². The van der Waals surface area contributed by atoms with E-state index in [0.29, 0.717) is 6.07 Å². The molecular weight excluding hydrogens is 700 g/mol. The summed E-state index contributed by atoms with van der Waals surface area (Å²) in [7, 11) is -14.5. The summed E-state index contributed by atoms with van der Waals surface area (Å²) in [5.41, 5.74) is -1.61. The van der Waals surface area contributed by atoms with Crippen LogP contribution in [0.25, 0.3) is 10.8 Å². The maximum absolute atomic E-state index is 12.1. The van der Waals surface area contributed by atoms with Gasteiger partial charge in [-0.15, -0.1) is 10.2 Å². The van der Waals surface area contributed by atoms with Crippen LogP contribution in [0.2, 0.25) is 0 Å². The Hall–Kier alpha value is -4.18. The molecule has 0 aliphatic carbocycles. The van der Waals surface area contributed by atoms with Crippen LogP contribution >= 0.6 is 15.9 Å². The van der Waals surface area contributed by atoms with E-state index in [1.54, 1.807) is 0 Å². The average molecular weight is 715 g/mol. The van der Waals surface area contributed by atoms with Crippen LogP contribution in [0, 0.1) is 0 Å². The Morgan fingerprint density at radius 2 is 1.26 bits per heavy atom. The van der Waals surface area contributed by atoms with E-state index in [9.17, 15) is 49.4 Å². The van der Waals surface area contributed by atoms with Gasteiger partial charge in [0.25, 0.3) is 30.4 Å². The second-order valence-corrected chi connectivity index (χ2v) is 13.4. The summed E-state index contributed by atoms with van der Waals surface area (Å²) in [5, 5.41) is 34.8. The van der Waals surface area contributed by atoms with E-state index < -0.39 is 68.5 Å². The molecule has 0 aliphatic rings. The molecule has 0 aliphatic heterocycles. The van der Waals surface area contributed by atoms with Gasteiger partial charge in [-0.1, -0.05) is 15.9 Å². The number of rotatable bonds is 8. The molecule has 0 bridgehead atoms. The summed E-state index contributed by atoms with van der Waals surface area (Å²) >= 11 is 3.08. The van der Waals surface area contributed by atoms with Gasteiger partial charge in [0.15, 0.2) is 5.75 Å². The molecule has 20 heteroatoms. The van der Waals surface area contributed by atoms with Gasteiger partial charge < -0.3 is 10.2 Å². The molecule has 224 valence electrons. The first-order valence-electron chi connectivity index (χ1n) is 11.1. The van der Waals surface area contributed by atoms with Gasteiger partial charge in [-0.2, -0.15) is 35.5 Å². The van der Waals surface area contributed by atoms with Crippen LogP contribution in [0.5, 0.6) is 5.75 Å². The number of carboxylic acid groups (broad SMARTS) is 1. The van der Waals surface area contributed by atoms with Crippen molar-refractivity contribution in [2.75, 3.05) is 0 Å². The highest BCUT2D eigenvalue weighted by Gasteiger charge is 2.27. The minimum atomic E-state index is -5.20. The fourth-order valence-corrected chi connectivity index (χ4v) is 6.00. The Balaban J connectivity index is 1.80. The molecule has 0 heterocycles. The normalized spacial score (nSPS) is 12.8. The monoisotopic (exact) mass is 714 g/mol. The van der Waals surface area contributed by atoms with Gasteiger partial charge in [0.1, 0.15) is 21.2 Å². The number of hydrogen-bond donors (Lipinski definition) is 5. The van der Waals surface area contributed by atoms with Gasteiger partial charge in [-0.05, 0) is 60.7 Å². The third-order valence-corrected chi connectivity index (χ3v) is 8.87. The maximum Gasteiger partial charge on any atom is 0.338 e. The van der Waals surface area contributed by atoms with Gasteiger partial charge in [0.05, 0.1) is 21.8 Å². The molecule has 5 N–H and O–H groups in total. The third-order valence-electron chi connectivity index (χ3n) is 5.56. The lowest BCUT2D eigenvalue weighted by Crippen LogP contribution is -2.03. The van der Waals surface area contributed by atoms with Crippen LogP contribution in [0.3, 0.4) is 0 Å². The average Bonchev–Trinajstić information content (AvgIpc) is 2.90. The minimum absolute atomic E-state index is 0.0101. The predicted molar refractivity (Wildman–Crippen MR) is 151 cm³/mol. The largest absolute Gasteiger partial charge is 0.505 e. The number of phenols is 1.